The molecule has 132 valence electrons. The van der Waals surface area contributed by atoms with Crippen molar-refractivity contribution in [2.45, 2.75) is 38.6 Å². The Morgan fingerprint density at radius 2 is 1.72 bits per heavy atom. The molecule has 0 bridgehead atoms. The monoisotopic (exact) mass is 335 g/mol. The molecule has 3 nitrogen and oxygen atoms in total. The molecule has 25 heavy (non-hydrogen) atoms. The number of nitrogens with zero attached hydrogens (tertiary/aromatic N) is 3. The lowest BCUT2D eigenvalue weighted by atomic mass is 9.96. The number of rotatable bonds is 4. The largest absolute Gasteiger partial charge is 0.301 e. The number of benzene rings is 1. The second-order valence-electron chi connectivity index (χ2n) is 7.38. The maximum absolute atomic E-state index is 4.85. The number of fused-ring (bicyclic) bond motifs is 2. The smallest absolute Gasteiger partial charge is 0.0782 e. The van der Waals surface area contributed by atoms with Gasteiger partial charge in [0.2, 0.25) is 0 Å². The molecular weight excluding hydrogens is 306 g/mol. The molecule has 3 heteroatoms. The van der Waals surface area contributed by atoms with Crippen LogP contribution in [-0.2, 0) is 12.8 Å². The van der Waals surface area contributed by atoms with Gasteiger partial charge in [-0.2, -0.15) is 0 Å². The van der Waals surface area contributed by atoms with Crippen LogP contribution >= 0.6 is 0 Å². The molecule has 1 atom stereocenters. The molecule has 1 aromatic carbocycles. The second kappa shape index (κ2) is 7.67. The van der Waals surface area contributed by atoms with Gasteiger partial charge in [-0.25, -0.2) is 0 Å². The number of piperazine rings is 1. The summed E-state index contributed by atoms with van der Waals surface area (Å²) < 4.78 is 0. The Morgan fingerprint density at radius 3 is 2.56 bits per heavy atom. The van der Waals surface area contributed by atoms with Crippen LogP contribution in [0.4, 0.5) is 0 Å². The highest BCUT2D eigenvalue weighted by Crippen LogP contribution is 2.35. The molecule has 1 aromatic heterocycles. The average molecular weight is 335 g/mol. The molecule has 2 heterocycles. The highest BCUT2D eigenvalue weighted by atomic mass is 15.3. The first-order chi connectivity index (χ1) is 12.4. The summed E-state index contributed by atoms with van der Waals surface area (Å²) in [6.07, 6.45) is 6.80. The Balaban J connectivity index is 1.62. The van der Waals surface area contributed by atoms with E-state index in [1.54, 1.807) is 0 Å². The standard InChI is InChI=1S/C22H29N3/c1-2-3-13-24-14-16-25(17-15-24)22-20-9-5-4-7-18(20)10-11-19-8-6-12-23-21(19)22/h4-9,12,22H,2-3,10-11,13-17H2,1H3. The van der Waals surface area contributed by atoms with E-state index < -0.39 is 0 Å². The van der Waals surface area contributed by atoms with Gasteiger partial charge in [-0.15, -0.1) is 0 Å². The summed E-state index contributed by atoms with van der Waals surface area (Å²) in [5, 5.41) is 0. The molecule has 1 aliphatic heterocycles. The first kappa shape index (κ1) is 16.7. The second-order valence-corrected chi connectivity index (χ2v) is 7.38. The third-order valence-electron chi connectivity index (χ3n) is 5.80. The Hall–Kier alpha value is -1.71. The van der Waals surface area contributed by atoms with E-state index >= 15 is 0 Å². The number of aryl methyl sites for hydroxylation is 2. The zero-order chi connectivity index (χ0) is 17.1. The van der Waals surface area contributed by atoms with Crippen LogP contribution in [0.5, 0.6) is 0 Å². The number of pyridine rings is 1. The number of hydrogen-bond donors (Lipinski definition) is 0. The van der Waals surface area contributed by atoms with Crippen molar-refractivity contribution in [1.82, 2.24) is 14.8 Å². The zero-order valence-corrected chi connectivity index (χ0v) is 15.3. The summed E-state index contributed by atoms with van der Waals surface area (Å²) >= 11 is 0. The van der Waals surface area contributed by atoms with Crippen molar-refractivity contribution in [3.05, 3.63) is 65.0 Å². The summed E-state index contributed by atoms with van der Waals surface area (Å²) in [4.78, 5) is 10.1. The van der Waals surface area contributed by atoms with Gasteiger partial charge in [-0.05, 0) is 48.6 Å². The third kappa shape index (κ3) is 3.49. The van der Waals surface area contributed by atoms with Crippen molar-refractivity contribution in [3.8, 4) is 0 Å². The van der Waals surface area contributed by atoms with Crippen LogP contribution in [0, 0.1) is 0 Å². The van der Waals surface area contributed by atoms with E-state index in [2.05, 4.69) is 53.1 Å². The Bertz CT molecular complexity index is 656. The fraction of sp³-hybridized carbons (Fsp3) is 0.500. The van der Waals surface area contributed by atoms with Gasteiger partial charge in [-0.1, -0.05) is 43.7 Å². The minimum atomic E-state index is 0.322. The lowest BCUT2D eigenvalue weighted by Crippen LogP contribution is -2.48. The van der Waals surface area contributed by atoms with E-state index in [1.165, 1.54) is 54.9 Å². The number of hydrogen-bond acceptors (Lipinski definition) is 3. The highest BCUT2D eigenvalue weighted by Gasteiger charge is 2.31. The summed E-state index contributed by atoms with van der Waals surface area (Å²) in [5.41, 5.74) is 5.69. The van der Waals surface area contributed by atoms with Crippen LogP contribution in [0.2, 0.25) is 0 Å². The number of unbranched alkanes of at least 4 members (excludes halogenated alkanes) is 1. The van der Waals surface area contributed by atoms with E-state index in [0.29, 0.717) is 6.04 Å². The lowest BCUT2D eigenvalue weighted by molar-refractivity contribution is 0.107. The molecular formula is C22H29N3. The Kier molecular flexibility index (Phi) is 5.14. The van der Waals surface area contributed by atoms with Gasteiger partial charge in [-0.3, -0.25) is 9.88 Å². The van der Waals surface area contributed by atoms with Crippen molar-refractivity contribution >= 4 is 0 Å². The summed E-state index contributed by atoms with van der Waals surface area (Å²) in [6.45, 7) is 8.17. The van der Waals surface area contributed by atoms with Gasteiger partial charge in [0.15, 0.2) is 0 Å². The molecule has 2 aromatic rings. The molecule has 2 aliphatic rings. The van der Waals surface area contributed by atoms with Crippen molar-refractivity contribution < 1.29 is 0 Å². The molecule has 1 saturated heterocycles. The van der Waals surface area contributed by atoms with Crippen LogP contribution in [0.25, 0.3) is 0 Å². The Labute approximate surface area is 151 Å². The SMILES string of the molecule is CCCCN1CCN(C2c3ccccc3CCc3cccnc32)CC1. The molecule has 1 fully saturated rings. The topological polar surface area (TPSA) is 19.4 Å². The molecule has 0 amide bonds. The maximum Gasteiger partial charge on any atom is 0.0782 e. The van der Waals surface area contributed by atoms with Gasteiger partial charge >= 0.3 is 0 Å². The van der Waals surface area contributed by atoms with Gasteiger partial charge in [0.1, 0.15) is 0 Å². The predicted octanol–water partition coefficient (Wildman–Crippen LogP) is 3.69. The van der Waals surface area contributed by atoms with Crippen LogP contribution in [0.15, 0.2) is 42.6 Å². The van der Waals surface area contributed by atoms with Crippen molar-refractivity contribution in [2.24, 2.45) is 0 Å². The fourth-order valence-corrected chi connectivity index (χ4v) is 4.35. The van der Waals surface area contributed by atoms with Crippen LogP contribution < -0.4 is 0 Å². The van der Waals surface area contributed by atoms with Crippen LogP contribution in [0.3, 0.4) is 0 Å². The van der Waals surface area contributed by atoms with Gasteiger partial charge in [0.25, 0.3) is 0 Å². The van der Waals surface area contributed by atoms with Crippen molar-refractivity contribution in [1.29, 1.82) is 0 Å². The van der Waals surface area contributed by atoms with E-state index in [9.17, 15) is 0 Å². The molecule has 0 radical (unpaired) electrons. The average Bonchev–Trinajstić information content (AvgIpc) is 2.84. The van der Waals surface area contributed by atoms with Crippen LogP contribution in [0.1, 0.15) is 48.2 Å². The van der Waals surface area contributed by atoms with Crippen molar-refractivity contribution in [2.75, 3.05) is 32.7 Å². The molecule has 0 spiro atoms. The van der Waals surface area contributed by atoms with E-state index in [-0.39, 0.29) is 0 Å². The lowest BCUT2D eigenvalue weighted by Gasteiger charge is -2.39. The molecule has 1 unspecified atom stereocenters. The minimum absolute atomic E-state index is 0.322. The molecule has 1 aliphatic carbocycles. The minimum Gasteiger partial charge on any atom is -0.301 e. The Morgan fingerprint density at radius 1 is 0.960 bits per heavy atom. The predicted molar refractivity (Wildman–Crippen MR) is 103 cm³/mol. The molecule has 4 rings (SSSR count). The van der Waals surface area contributed by atoms with Crippen LogP contribution in [-0.4, -0.2) is 47.5 Å². The summed E-state index contributed by atoms with van der Waals surface area (Å²) in [5.74, 6) is 0. The van der Waals surface area contributed by atoms with Gasteiger partial charge in [0.05, 0.1) is 11.7 Å². The normalized spacial score (nSPS) is 21.4. The first-order valence-corrected chi connectivity index (χ1v) is 9.85. The summed E-state index contributed by atoms with van der Waals surface area (Å²) in [7, 11) is 0. The van der Waals surface area contributed by atoms with E-state index in [1.807, 2.05) is 6.20 Å². The molecule has 0 N–H and O–H groups in total. The highest BCUT2D eigenvalue weighted by molar-refractivity contribution is 5.41. The molecule has 0 saturated carbocycles. The van der Waals surface area contributed by atoms with Crippen molar-refractivity contribution in [3.63, 3.8) is 0 Å². The van der Waals surface area contributed by atoms with Gasteiger partial charge in [0, 0.05) is 32.4 Å². The quantitative estimate of drug-likeness (QED) is 0.849. The van der Waals surface area contributed by atoms with Gasteiger partial charge < -0.3 is 4.90 Å². The summed E-state index contributed by atoms with van der Waals surface area (Å²) in [6, 6.07) is 13.7. The third-order valence-corrected chi connectivity index (χ3v) is 5.80. The van der Waals surface area contributed by atoms with E-state index in [4.69, 9.17) is 4.98 Å². The number of aromatic nitrogens is 1. The fourth-order valence-electron chi connectivity index (χ4n) is 4.35. The maximum atomic E-state index is 4.85. The first-order valence-electron chi connectivity index (χ1n) is 9.85. The van der Waals surface area contributed by atoms with E-state index in [0.717, 1.165) is 25.9 Å². The zero-order valence-electron chi connectivity index (χ0n) is 15.3.